The number of fused-ring (bicyclic) bond motifs is 1. The van der Waals surface area contributed by atoms with E-state index >= 15 is 0 Å². The number of rotatable bonds is 15. The van der Waals surface area contributed by atoms with Crippen molar-refractivity contribution in [3.8, 4) is 17.5 Å². The summed E-state index contributed by atoms with van der Waals surface area (Å²) < 4.78 is 18.6. The van der Waals surface area contributed by atoms with Gasteiger partial charge in [-0.3, -0.25) is 4.90 Å². The first-order valence-corrected chi connectivity index (χ1v) is 16.9. The molecule has 1 unspecified atom stereocenters. The van der Waals surface area contributed by atoms with Crippen LogP contribution in [0.5, 0.6) is 17.5 Å². The van der Waals surface area contributed by atoms with Crippen molar-refractivity contribution in [2.45, 2.75) is 64.8 Å². The Morgan fingerprint density at radius 1 is 0.812 bits per heavy atom. The van der Waals surface area contributed by atoms with Gasteiger partial charge in [-0.25, -0.2) is 9.50 Å². The van der Waals surface area contributed by atoms with Gasteiger partial charge in [0.05, 0.1) is 32.7 Å². The van der Waals surface area contributed by atoms with Gasteiger partial charge < -0.3 is 24.2 Å². The highest BCUT2D eigenvalue weighted by molar-refractivity contribution is 5.65. The number of aromatic nitrogens is 4. The van der Waals surface area contributed by atoms with Gasteiger partial charge in [-0.1, -0.05) is 68.3 Å². The van der Waals surface area contributed by atoms with Gasteiger partial charge in [0, 0.05) is 19.6 Å². The molecule has 1 atom stereocenters. The molecule has 252 valence electrons. The standard InChI is InChI=1S/C38H46N6O4/c1-4-5-23-48-38-40-37(43(26-29-11-17-32(46-2)18-12-29)27-30-13-19-33(47-3)20-14-30)36-39-24-34(44(36)41-38)35(45)31-15-9-28(10-16-31)25-42-21-7-6-8-22-42/h9-20,24,35,45H,4-8,21-23,25-27H2,1-3H3. The van der Waals surface area contributed by atoms with Crippen molar-refractivity contribution in [3.05, 3.63) is 107 Å². The van der Waals surface area contributed by atoms with Crippen molar-refractivity contribution >= 4 is 11.5 Å². The molecule has 5 aromatic rings. The van der Waals surface area contributed by atoms with Crippen LogP contribution in [0, 0.1) is 0 Å². The number of unbranched alkanes of at least 4 members (excludes halogenated alkanes) is 1. The Balaban J connectivity index is 1.35. The predicted octanol–water partition coefficient (Wildman–Crippen LogP) is 6.59. The molecule has 0 bridgehead atoms. The molecule has 0 amide bonds. The lowest BCUT2D eigenvalue weighted by Gasteiger charge is -2.26. The third-order valence-electron chi connectivity index (χ3n) is 8.88. The van der Waals surface area contributed by atoms with Crippen molar-refractivity contribution in [1.82, 2.24) is 24.5 Å². The lowest BCUT2D eigenvalue weighted by Crippen LogP contribution is -2.29. The van der Waals surface area contributed by atoms with Gasteiger partial charge in [-0.2, -0.15) is 4.98 Å². The Hall–Kier alpha value is -4.67. The Labute approximate surface area is 282 Å². The van der Waals surface area contributed by atoms with E-state index in [2.05, 4.69) is 28.9 Å². The number of methoxy groups -OCH3 is 2. The molecule has 6 rings (SSSR count). The van der Waals surface area contributed by atoms with Crippen LogP contribution < -0.4 is 19.1 Å². The molecule has 48 heavy (non-hydrogen) atoms. The summed E-state index contributed by atoms with van der Waals surface area (Å²) in [6, 6.07) is 24.5. The Morgan fingerprint density at radius 2 is 1.42 bits per heavy atom. The molecule has 1 aliphatic heterocycles. The lowest BCUT2D eigenvalue weighted by molar-refractivity contribution is 0.211. The van der Waals surface area contributed by atoms with E-state index < -0.39 is 6.10 Å². The number of aliphatic hydroxyl groups excluding tert-OH is 1. The molecule has 3 heterocycles. The SMILES string of the molecule is CCCCOc1nc(N(Cc2ccc(OC)cc2)Cc2ccc(OC)cc2)c2ncc(C(O)c3ccc(CN4CCCCC4)cc3)n2n1. The highest BCUT2D eigenvalue weighted by Gasteiger charge is 2.24. The normalized spacial score (nSPS) is 14.2. The average Bonchev–Trinajstić information content (AvgIpc) is 3.56. The third-order valence-corrected chi connectivity index (χ3v) is 8.88. The summed E-state index contributed by atoms with van der Waals surface area (Å²) >= 11 is 0. The molecule has 0 aliphatic carbocycles. The van der Waals surface area contributed by atoms with E-state index in [0.717, 1.165) is 60.7 Å². The Bertz CT molecular complexity index is 1690. The Kier molecular flexibility index (Phi) is 11.0. The molecular weight excluding hydrogens is 604 g/mol. The molecule has 1 N–H and O–H groups in total. The minimum absolute atomic E-state index is 0.240. The molecule has 1 aliphatic rings. The number of anilines is 1. The van der Waals surface area contributed by atoms with Gasteiger partial charge in [-0.05, 0) is 78.9 Å². The minimum atomic E-state index is -0.938. The fourth-order valence-electron chi connectivity index (χ4n) is 6.09. The van der Waals surface area contributed by atoms with E-state index in [4.69, 9.17) is 29.3 Å². The third kappa shape index (κ3) is 8.06. The number of imidazole rings is 1. The predicted molar refractivity (Wildman–Crippen MR) is 187 cm³/mol. The van der Waals surface area contributed by atoms with Crippen LogP contribution in [0.2, 0.25) is 0 Å². The van der Waals surface area contributed by atoms with Crippen molar-refractivity contribution in [1.29, 1.82) is 0 Å². The summed E-state index contributed by atoms with van der Waals surface area (Å²) in [6.07, 6.45) is 6.45. The second-order valence-corrected chi connectivity index (χ2v) is 12.4. The van der Waals surface area contributed by atoms with E-state index in [1.54, 1.807) is 24.9 Å². The fourth-order valence-corrected chi connectivity index (χ4v) is 6.09. The van der Waals surface area contributed by atoms with Gasteiger partial charge in [0.15, 0.2) is 11.5 Å². The number of hydrogen-bond acceptors (Lipinski definition) is 9. The summed E-state index contributed by atoms with van der Waals surface area (Å²) in [5.41, 5.74) is 5.26. The van der Waals surface area contributed by atoms with Crippen molar-refractivity contribution in [2.24, 2.45) is 0 Å². The van der Waals surface area contributed by atoms with Crippen LogP contribution in [0.15, 0.2) is 79.0 Å². The number of hydrogen-bond donors (Lipinski definition) is 1. The van der Waals surface area contributed by atoms with Crippen LogP contribution >= 0.6 is 0 Å². The molecule has 0 saturated carbocycles. The number of benzene rings is 3. The van der Waals surface area contributed by atoms with Crippen molar-refractivity contribution in [3.63, 3.8) is 0 Å². The minimum Gasteiger partial charge on any atom is -0.497 e. The topological polar surface area (TPSA) is 97.5 Å². The van der Waals surface area contributed by atoms with Crippen LogP contribution in [-0.4, -0.2) is 63.5 Å². The lowest BCUT2D eigenvalue weighted by atomic mass is 10.0. The van der Waals surface area contributed by atoms with E-state index in [1.807, 2.05) is 60.7 Å². The van der Waals surface area contributed by atoms with Crippen molar-refractivity contribution in [2.75, 3.05) is 38.8 Å². The van der Waals surface area contributed by atoms with Gasteiger partial charge in [0.2, 0.25) is 0 Å². The quantitative estimate of drug-likeness (QED) is 0.126. The Morgan fingerprint density at radius 3 is 2.00 bits per heavy atom. The molecule has 3 aromatic carbocycles. The van der Waals surface area contributed by atoms with Gasteiger partial charge in [0.25, 0.3) is 0 Å². The fraction of sp³-hybridized carbons (Fsp3) is 0.395. The van der Waals surface area contributed by atoms with Gasteiger partial charge >= 0.3 is 6.01 Å². The van der Waals surface area contributed by atoms with Crippen LogP contribution in [-0.2, 0) is 19.6 Å². The number of piperidine rings is 1. The molecule has 0 spiro atoms. The first kappa shape index (κ1) is 33.2. The van der Waals surface area contributed by atoms with E-state index in [-0.39, 0.29) is 6.01 Å². The second kappa shape index (κ2) is 16.0. The zero-order valence-corrected chi connectivity index (χ0v) is 28.2. The van der Waals surface area contributed by atoms with Crippen molar-refractivity contribution < 1.29 is 19.3 Å². The molecular formula is C38H46N6O4. The number of ether oxygens (including phenoxy) is 3. The summed E-state index contributed by atoms with van der Waals surface area (Å²) in [6.45, 7) is 6.91. The zero-order valence-electron chi connectivity index (χ0n) is 28.2. The van der Waals surface area contributed by atoms with E-state index in [0.29, 0.717) is 36.9 Å². The number of nitrogens with zero attached hydrogens (tertiary/aromatic N) is 6. The molecule has 1 saturated heterocycles. The maximum atomic E-state index is 11.7. The molecule has 1 fully saturated rings. The summed E-state index contributed by atoms with van der Waals surface area (Å²) in [5.74, 6) is 2.20. The highest BCUT2D eigenvalue weighted by atomic mass is 16.5. The smallest absolute Gasteiger partial charge is 0.336 e. The summed E-state index contributed by atoms with van der Waals surface area (Å²) in [4.78, 5) is 14.4. The summed E-state index contributed by atoms with van der Waals surface area (Å²) in [7, 11) is 3.33. The average molecular weight is 651 g/mol. The second-order valence-electron chi connectivity index (χ2n) is 12.4. The first-order valence-electron chi connectivity index (χ1n) is 16.9. The molecule has 10 nitrogen and oxygen atoms in total. The van der Waals surface area contributed by atoms with Gasteiger partial charge in [-0.15, -0.1) is 5.10 Å². The van der Waals surface area contributed by atoms with E-state index in [1.165, 1.54) is 24.8 Å². The van der Waals surface area contributed by atoms with E-state index in [9.17, 15) is 5.11 Å². The molecule has 0 radical (unpaired) electrons. The zero-order chi connectivity index (χ0) is 33.3. The number of aliphatic hydroxyl groups is 1. The van der Waals surface area contributed by atoms with Crippen LogP contribution in [0.1, 0.15) is 73.1 Å². The summed E-state index contributed by atoms with van der Waals surface area (Å²) in [5, 5.41) is 16.4. The van der Waals surface area contributed by atoms with Crippen LogP contribution in [0.25, 0.3) is 5.65 Å². The molecule has 2 aromatic heterocycles. The largest absolute Gasteiger partial charge is 0.497 e. The monoisotopic (exact) mass is 650 g/mol. The maximum absolute atomic E-state index is 11.7. The van der Waals surface area contributed by atoms with Gasteiger partial charge in [0.1, 0.15) is 17.6 Å². The van der Waals surface area contributed by atoms with Crippen LogP contribution in [0.3, 0.4) is 0 Å². The highest BCUT2D eigenvalue weighted by Crippen LogP contribution is 2.30. The van der Waals surface area contributed by atoms with Crippen LogP contribution in [0.4, 0.5) is 5.82 Å². The maximum Gasteiger partial charge on any atom is 0.336 e. The number of likely N-dealkylation sites (tertiary alicyclic amines) is 1. The molecule has 10 heteroatoms. The first-order chi connectivity index (χ1) is 23.5.